The van der Waals surface area contributed by atoms with E-state index in [9.17, 15) is 9.90 Å². The van der Waals surface area contributed by atoms with Gasteiger partial charge in [-0.1, -0.05) is 74.0 Å². The molecule has 0 amide bonds. The van der Waals surface area contributed by atoms with E-state index in [0.29, 0.717) is 5.56 Å². The van der Waals surface area contributed by atoms with Gasteiger partial charge in [-0.3, -0.25) is 4.98 Å². The first-order valence-corrected chi connectivity index (χ1v) is 10.8. The number of carboxylic acids is 1. The summed E-state index contributed by atoms with van der Waals surface area (Å²) in [5.74, 6) is 0.0746. The van der Waals surface area contributed by atoms with Crippen molar-refractivity contribution in [2.45, 2.75) is 64.7 Å². The Labute approximate surface area is 170 Å². The molecule has 0 saturated heterocycles. The first-order chi connectivity index (χ1) is 13.0. The van der Waals surface area contributed by atoms with Crippen LogP contribution in [0.25, 0.3) is 11.1 Å². The maximum Gasteiger partial charge on any atom is 0.337 e. The number of benzene rings is 1. The van der Waals surface area contributed by atoms with Crippen LogP contribution in [0.2, 0.25) is 0 Å². The standard InChI is InChI=1S/C23H28BrNO2/c1-15(2)22-19(17-9-11-18(24)12-10-17)14-20(23(26)27)21(25-22)13-8-16-6-4-3-5-7-16/h9-12,14-16H,3-8,13H2,1-2H3,(H,26,27). The zero-order valence-electron chi connectivity index (χ0n) is 16.2. The van der Waals surface area contributed by atoms with Crippen LogP contribution in [0.5, 0.6) is 0 Å². The first kappa shape index (κ1) is 20.1. The lowest BCUT2D eigenvalue weighted by Gasteiger charge is -2.22. The average Bonchev–Trinajstić information content (AvgIpc) is 2.67. The number of hydrogen-bond donors (Lipinski definition) is 1. The van der Waals surface area contributed by atoms with Crippen molar-refractivity contribution in [1.29, 1.82) is 0 Å². The van der Waals surface area contributed by atoms with Crippen LogP contribution in [-0.4, -0.2) is 16.1 Å². The van der Waals surface area contributed by atoms with E-state index < -0.39 is 5.97 Å². The fourth-order valence-electron chi connectivity index (χ4n) is 4.06. The van der Waals surface area contributed by atoms with Crippen molar-refractivity contribution in [3.63, 3.8) is 0 Å². The van der Waals surface area contributed by atoms with Crippen molar-refractivity contribution in [2.24, 2.45) is 5.92 Å². The Morgan fingerprint density at radius 3 is 2.44 bits per heavy atom. The highest BCUT2D eigenvalue weighted by Crippen LogP contribution is 2.33. The number of aromatic nitrogens is 1. The third kappa shape index (κ3) is 4.98. The van der Waals surface area contributed by atoms with Crippen LogP contribution in [0.4, 0.5) is 0 Å². The van der Waals surface area contributed by atoms with E-state index >= 15 is 0 Å². The Bertz CT molecular complexity index is 793. The Kier molecular flexibility index (Phi) is 6.69. The molecule has 3 nitrogen and oxygen atoms in total. The van der Waals surface area contributed by atoms with Crippen molar-refractivity contribution in [3.8, 4) is 11.1 Å². The van der Waals surface area contributed by atoms with Gasteiger partial charge in [0, 0.05) is 10.0 Å². The van der Waals surface area contributed by atoms with Crippen molar-refractivity contribution in [1.82, 2.24) is 4.98 Å². The van der Waals surface area contributed by atoms with Crippen molar-refractivity contribution >= 4 is 21.9 Å². The third-order valence-corrected chi connectivity index (χ3v) is 6.11. The lowest BCUT2D eigenvalue weighted by atomic mass is 9.85. The van der Waals surface area contributed by atoms with Gasteiger partial charge in [0.05, 0.1) is 17.0 Å². The SMILES string of the molecule is CC(C)c1nc(CCC2CCCCC2)c(C(=O)O)cc1-c1ccc(Br)cc1. The molecule has 3 rings (SSSR count). The summed E-state index contributed by atoms with van der Waals surface area (Å²) in [4.78, 5) is 16.8. The molecule has 0 unspecified atom stereocenters. The zero-order valence-corrected chi connectivity index (χ0v) is 17.8. The van der Waals surface area contributed by atoms with E-state index in [1.165, 1.54) is 32.1 Å². The highest BCUT2D eigenvalue weighted by atomic mass is 79.9. The van der Waals surface area contributed by atoms with Gasteiger partial charge in [0.2, 0.25) is 0 Å². The topological polar surface area (TPSA) is 50.2 Å². The molecule has 1 aromatic heterocycles. The van der Waals surface area contributed by atoms with Crippen molar-refractivity contribution in [2.75, 3.05) is 0 Å². The van der Waals surface area contributed by atoms with Gasteiger partial charge in [-0.2, -0.15) is 0 Å². The molecule has 0 aliphatic heterocycles. The number of aromatic carboxylic acids is 1. The molecule has 1 aromatic carbocycles. The maximum atomic E-state index is 11.9. The van der Waals surface area contributed by atoms with Gasteiger partial charge in [-0.15, -0.1) is 0 Å². The van der Waals surface area contributed by atoms with E-state index in [4.69, 9.17) is 4.98 Å². The molecule has 1 heterocycles. The van der Waals surface area contributed by atoms with Gasteiger partial charge in [-0.05, 0) is 48.4 Å². The summed E-state index contributed by atoms with van der Waals surface area (Å²) in [6.07, 6.45) is 8.31. The molecule has 1 N–H and O–H groups in total. The summed E-state index contributed by atoms with van der Waals surface area (Å²) in [6.45, 7) is 4.24. The predicted octanol–water partition coefficient (Wildman–Crippen LogP) is 6.85. The lowest BCUT2D eigenvalue weighted by molar-refractivity contribution is 0.0695. The Morgan fingerprint density at radius 2 is 1.85 bits per heavy atom. The molecule has 1 saturated carbocycles. The Hall–Kier alpha value is -1.68. The molecule has 144 valence electrons. The second-order valence-corrected chi connectivity index (χ2v) is 8.84. The minimum Gasteiger partial charge on any atom is -0.478 e. The number of nitrogens with zero attached hydrogens (tertiary/aromatic N) is 1. The van der Waals surface area contributed by atoms with E-state index in [1.807, 2.05) is 30.3 Å². The highest BCUT2D eigenvalue weighted by molar-refractivity contribution is 9.10. The smallest absolute Gasteiger partial charge is 0.337 e. The second-order valence-electron chi connectivity index (χ2n) is 7.92. The molecular weight excluding hydrogens is 402 g/mol. The average molecular weight is 430 g/mol. The van der Waals surface area contributed by atoms with Crippen molar-refractivity contribution < 1.29 is 9.90 Å². The van der Waals surface area contributed by atoms with Crippen LogP contribution in [0.1, 0.15) is 80.0 Å². The number of rotatable bonds is 6. The van der Waals surface area contributed by atoms with Crippen LogP contribution in [0.15, 0.2) is 34.8 Å². The van der Waals surface area contributed by atoms with E-state index in [0.717, 1.165) is 45.7 Å². The number of halogens is 1. The number of carbonyl (C=O) groups is 1. The monoisotopic (exact) mass is 429 g/mol. The van der Waals surface area contributed by atoms with Crippen LogP contribution >= 0.6 is 15.9 Å². The second kappa shape index (κ2) is 9.01. The fourth-order valence-corrected chi connectivity index (χ4v) is 4.32. The maximum absolute atomic E-state index is 11.9. The van der Waals surface area contributed by atoms with E-state index in [-0.39, 0.29) is 5.92 Å². The minimum absolute atomic E-state index is 0.236. The summed E-state index contributed by atoms with van der Waals surface area (Å²) in [5, 5.41) is 9.80. The molecule has 1 fully saturated rings. The molecule has 1 aliphatic rings. The van der Waals surface area contributed by atoms with Gasteiger partial charge in [0.15, 0.2) is 0 Å². The van der Waals surface area contributed by atoms with Gasteiger partial charge in [0.1, 0.15) is 0 Å². The molecule has 1 aliphatic carbocycles. The lowest BCUT2D eigenvalue weighted by Crippen LogP contribution is -2.13. The Balaban J connectivity index is 1.96. The molecule has 0 bridgehead atoms. The molecule has 0 atom stereocenters. The summed E-state index contributed by atoms with van der Waals surface area (Å²) in [7, 11) is 0. The predicted molar refractivity (Wildman–Crippen MR) is 113 cm³/mol. The first-order valence-electron chi connectivity index (χ1n) is 9.98. The van der Waals surface area contributed by atoms with Gasteiger partial charge >= 0.3 is 5.97 Å². The van der Waals surface area contributed by atoms with Crippen molar-refractivity contribution in [3.05, 3.63) is 51.8 Å². The summed E-state index contributed by atoms with van der Waals surface area (Å²) in [6, 6.07) is 9.83. The highest BCUT2D eigenvalue weighted by Gasteiger charge is 2.21. The number of aryl methyl sites for hydroxylation is 1. The Morgan fingerprint density at radius 1 is 1.19 bits per heavy atom. The van der Waals surface area contributed by atoms with Crippen LogP contribution < -0.4 is 0 Å². The van der Waals surface area contributed by atoms with E-state index in [2.05, 4.69) is 29.8 Å². The van der Waals surface area contributed by atoms with Crippen LogP contribution in [0, 0.1) is 5.92 Å². The summed E-state index contributed by atoms with van der Waals surface area (Å²) < 4.78 is 1.01. The molecule has 27 heavy (non-hydrogen) atoms. The largest absolute Gasteiger partial charge is 0.478 e. The third-order valence-electron chi connectivity index (χ3n) is 5.58. The molecule has 0 spiro atoms. The van der Waals surface area contributed by atoms with Crippen LogP contribution in [-0.2, 0) is 6.42 Å². The number of pyridine rings is 1. The molecule has 4 heteroatoms. The summed E-state index contributed by atoms with van der Waals surface area (Å²) >= 11 is 3.46. The van der Waals surface area contributed by atoms with Crippen LogP contribution in [0.3, 0.4) is 0 Å². The normalized spacial score (nSPS) is 15.3. The van der Waals surface area contributed by atoms with Gasteiger partial charge in [0.25, 0.3) is 0 Å². The summed E-state index contributed by atoms with van der Waals surface area (Å²) in [5.41, 5.74) is 4.03. The van der Waals surface area contributed by atoms with Gasteiger partial charge in [-0.25, -0.2) is 4.79 Å². The molecule has 2 aromatic rings. The zero-order chi connectivity index (χ0) is 19.4. The molecular formula is C23H28BrNO2. The van der Waals surface area contributed by atoms with Gasteiger partial charge < -0.3 is 5.11 Å². The number of carboxylic acid groups (broad SMARTS) is 1. The van der Waals surface area contributed by atoms with E-state index in [1.54, 1.807) is 0 Å². The minimum atomic E-state index is -0.880. The number of hydrogen-bond acceptors (Lipinski definition) is 2. The fraction of sp³-hybridized carbons (Fsp3) is 0.478. The quantitative estimate of drug-likeness (QED) is 0.546. The molecule has 0 radical (unpaired) electrons.